The summed E-state index contributed by atoms with van der Waals surface area (Å²) in [5, 5.41) is 0. The Morgan fingerprint density at radius 1 is 1.04 bits per heavy atom. The standard InChI is InChI=1S/C16H17Br2NO2S3/c1-2-3-4-5-6-7-8-19-11-9-13(17)22-15(11)16-12(24(19,20)21)10-14(18)23-16/h2,9-10H,1,3-8H2. The van der Waals surface area contributed by atoms with Gasteiger partial charge in [0.1, 0.15) is 4.90 Å². The van der Waals surface area contributed by atoms with E-state index in [2.05, 4.69) is 38.4 Å². The van der Waals surface area contributed by atoms with Crippen LogP contribution in [0.5, 0.6) is 0 Å². The summed E-state index contributed by atoms with van der Waals surface area (Å²) >= 11 is 10.0. The number of rotatable bonds is 7. The summed E-state index contributed by atoms with van der Waals surface area (Å²) in [6, 6.07) is 3.65. The zero-order valence-electron chi connectivity index (χ0n) is 12.9. The van der Waals surface area contributed by atoms with E-state index in [4.69, 9.17) is 0 Å². The molecule has 0 aliphatic carbocycles. The third-order valence-corrected chi connectivity index (χ3v) is 9.31. The molecule has 0 bridgehead atoms. The Labute approximate surface area is 167 Å². The van der Waals surface area contributed by atoms with E-state index in [1.54, 1.807) is 21.7 Å². The summed E-state index contributed by atoms with van der Waals surface area (Å²) in [7, 11) is -3.48. The lowest BCUT2D eigenvalue weighted by Gasteiger charge is -2.28. The van der Waals surface area contributed by atoms with Crippen molar-refractivity contribution in [2.45, 2.75) is 37.0 Å². The van der Waals surface area contributed by atoms with E-state index < -0.39 is 10.0 Å². The van der Waals surface area contributed by atoms with Crippen molar-refractivity contribution in [2.75, 3.05) is 10.8 Å². The molecule has 8 heteroatoms. The summed E-state index contributed by atoms with van der Waals surface area (Å²) in [5.74, 6) is 0. The van der Waals surface area contributed by atoms with Gasteiger partial charge in [0.25, 0.3) is 10.0 Å². The SMILES string of the molecule is C=CCCCCCCN1c2cc(Br)sc2-c2sc(Br)cc2S1(=O)=O. The van der Waals surface area contributed by atoms with Crippen LogP contribution in [-0.2, 0) is 10.0 Å². The van der Waals surface area contributed by atoms with Crippen molar-refractivity contribution >= 4 is 70.2 Å². The third-order valence-electron chi connectivity index (χ3n) is 3.91. The van der Waals surface area contributed by atoms with Crippen LogP contribution in [0, 0.1) is 0 Å². The number of unbranched alkanes of at least 4 members (excludes halogenated alkanes) is 4. The highest BCUT2D eigenvalue weighted by atomic mass is 79.9. The van der Waals surface area contributed by atoms with Crippen LogP contribution in [-0.4, -0.2) is 15.0 Å². The van der Waals surface area contributed by atoms with E-state index in [0.717, 1.165) is 55.1 Å². The molecule has 0 unspecified atom stereocenters. The molecule has 0 N–H and O–H groups in total. The molecule has 0 spiro atoms. The molecule has 0 fully saturated rings. The van der Waals surface area contributed by atoms with E-state index in [0.29, 0.717) is 11.4 Å². The quantitative estimate of drug-likeness (QED) is 0.309. The highest BCUT2D eigenvalue weighted by Crippen LogP contribution is 2.53. The fourth-order valence-electron chi connectivity index (χ4n) is 2.78. The molecular weight excluding hydrogens is 494 g/mol. The number of anilines is 1. The highest BCUT2D eigenvalue weighted by molar-refractivity contribution is 9.11. The van der Waals surface area contributed by atoms with Crippen LogP contribution in [0.4, 0.5) is 5.69 Å². The van der Waals surface area contributed by atoms with E-state index in [1.165, 1.54) is 11.3 Å². The monoisotopic (exact) mass is 509 g/mol. The van der Waals surface area contributed by atoms with E-state index in [-0.39, 0.29) is 0 Å². The van der Waals surface area contributed by atoms with Gasteiger partial charge in [0.15, 0.2) is 0 Å². The number of hydrogen-bond donors (Lipinski definition) is 0. The molecule has 0 aromatic carbocycles. The van der Waals surface area contributed by atoms with E-state index in [1.807, 2.05) is 12.1 Å². The van der Waals surface area contributed by atoms with Crippen LogP contribution >= 0.6 is 54.5 Å². The van der Waals surface area contributed by atoms with Gasteiger partial charge in [0, 0.05) is 6.54 Å². The predicted molar refractivity (Wildman–Crippen MR) is 111 cm³/mol. The van der Waals surface area contributed by atoms with Gasteiger partial charge < -0.3 is 0 Å². The predicted octanol–water partition coefficient (Wildman–Crippen LogP) is 6.65. The topological polar surface area (TPSA) is 37.4 Å². The van der Waals surface area contributed by atoms with Crippen molar-refractivity contribution in [1.82, 2.24) is 0 Å². The fraction of sp³-hybridized carbons (Fsp3) is 0.375. The summed E-state index contributed by atoms with van der Waals surface area (Å²) in [6.45, 7) is 4.26. The summed E-state index contributed by atoms with van der Waals surface area (Å²) in [6.07, 6.45) is 7.07. The Morgan fingerprint density at radius 2 is 1.71 bits per heavy atom. The van der Waals surface area contributed by atoms with Gasteiger partial charge in [-0.1, -0.05) is 18.9 Å². The molecule has 130 valence electrons. The van der Waals surface area contributed by atoms with Crippen molar-refractivity contribution in [3.05, 3.63) is 32.4 Å². The Kier molecular flexibility index (Phi) is 5.91. The molecule has 1 aliphatic rings. The molecule has 1 aliphatic heterocycles. The number of thiophene rings is 2. The van der Waals surface area contributed by atoms with Gasteiger partial charge >= 0.3 is 0 Å². The average Bonchev–Trinajstić information content (AvgIpc) is 3.09. The van der Waals surface area contributed by atoms with Gasteiger partial charge in [-0.25, -0.2) is 8.42 Å². The van der Waals surface area contributed by atoms with Gasteiger partial charge in [-0.15, -0.1) is 29.3 Å². The molecule has 0 saturated carbocycles. The van der Waals surface area contributed by atoms with E-state index >= 15 is 0 Å². The fourth-order valence-corrected chi connectivity index (χ4v) is 8.42. The average molecular weight is 511 g/mol. The molecule has 0 radical (unpaired) electrons. The summed E-state index contributed by atoms with van der Waals surface area (Å²) in [4.78, 5) is 2.30. The maximum atomic E-state index is 13.0. The minimum absolute atomic E-state index is 0.424. The van der Waals surface area contributed by atoms with Crippen LogP contribution in [0.25, 0.3) is 9.75 Å². The molecule has 3 heterocycles. The minimum Gasteiger partial charge on any atom is -0.265 e. The minimum atomic E-state index is -3.48. The molecular formula is C16H17Br2NO2S3. The second kappa shape index (κ2) is 7.61. The third kappa shape index (κ3) is 3.53. The van der Waals surface area contributed by atoms with Gasteiger partial charge in [-0.3, -0.25) is 4.31 Å². The number of nitrogens with zero attached hydrogens (tertiary/aromatic N) is 1. The maximum Gasteiger partial charge on any atom is 0.265 e. The highest BCUT2D eigenvalue weighted by Gasteiger charge is 2.37. The smallest absolute Gasteiger partial charge is 0.265 e. The lowest BCUT2D eigenvalue weighted by Crippen LogP contribution is -2.34. The normalized spacial score (nSPS) is 15.2. The van der Waals surface area contributed by atoms with Gasteiger partial charge in [-0.2, -0.15) is 0 Å². The number of sulfonamides is 1. The molecule has 0 saturated heterocycles. The first-order valence-electron chi connectivity index (χ1n) is 7.68. The Hall–Kier alpha value is -0.150. The van der Waals surface area contributed by atoms with Crippen molar-refractivity contribution < 1.29 is 8.42 Å². The van der Waals surface area contributed by atoms with Crippen LogP contribution in [0.1, 0.15) is 32.1 Å². The van der Waals surface area contributed by atoms with Crippen molar-refractivity contribution in [2.24, 2.45) is 0 Å². The summed E-state index contributed by atoms with van der Waals surface area (Å²) < 4.78 is 29.5. The van der Waals surface area contributed by atoms with Gasteiger partial charge in [-0.05, 0) is 63.3 Å². The van der Waals surface area contributed by atoms with Crippen LogP contribution in [0.15, 0.2) is 37.3 Å². The Balaban J connectivity index is 1.85. The lowest BCUT2D eigenvalue weighted by atomic mass is 10.1. The van der Waals surface area contributed by atoms with Gasteiger partial charge in [0.05, 0.1) is 23.0 Å². The first-order chi connectivity index (χ1) is 11.4. The Morgan fingerprint density at radius 3 is 2.46 bits per heavy atom. The number of allylic oxidation sites excluding steroid dienone is 1. The zero-order chi connectivity index (χ0) is 17.3. The van der Waals surface area contributed by atoms with Crippen molar-refractivity contribution in [3.63, 3.8) is 0 Å². The molecule has 2 aromatic heterocycles. The molecule has 0 amide bonds. The first kappa shape index (κ1) is 18.6. The van der Waals surface area contributed by atoms with Crippen LogP contribution in [0.2, 0.25) is 0 Å². The number of halogens is 2. The number of hydrogen-bond acceptors (Lipinski definition) is 4. The molecule has 2 aromatic rings. The van der Waals surface area contributed by atoms with Crippen molar-refractivity contribution in [3.8, 4) is 9.75 Å². The maximum absolute atomic E-state index is 13.0. The largest absolute Gasteiger partial charge is 0.265 e. The van der Waals surface area contributed by atoms with Crippen LogP contribution < -0.4 is 4.31 Å². The number of fused-ring (bicyclic) bond motifs is 3. The Bertz CT molecular complexity index is 855. The van der Waals surface area contributed by atoms with Crippen molar-refractivity contribution in [1.29, 1.82) is 0 Å². The first-order valence-corrected chi connectivity index (χ1v) is 12.3. The van der Waals surface area contributed by atoms with Gasteiger partial charge in [0.2, 0.25) is 0 Å². The lowest BCUT2D eigenvalue weighted by molar-refractivity contribution is 0.584. The molecule has 3 rings (SSSR count). The second-order valence-electron chi connectivity index (χ2n) is 5.58. The molecule has 3 nitrogen and oxygen atoms in total. The molecule has 24 heavy (non-hydrogen) atoms. The molecule has 0 atom stereocenters. The van der Waals surface area contributed by atoms with E-state index in [9.17, 15) is 8.42 Å². The zero-order valence-corrected chi connectivity index (χ0v) is 18.5. The second-order valence-corrected chi connectivity index (χ2v) is 12.3. The summed E-state index contributed by atoms with van der Waals surface area (Å²) in [5.41, 5.74) is 0.805. The van der Waals surface area contributed by atoms with Crippen LogP contribution in [0.3, 0.4) is 0 Å².